The summed E-state index contributed by atoms with van der Waals surface area (Å²) in [5.41, 5.74) is 1.71. The summed E-state index contributed by atoms with van der Waals surface area (Å²) in [6, 6.07) is 15.0. The number of carbonyl (C=O) groups is 2. The first-order valence-electron chi connectivity index (χ1n) is 12.6. The summed E-state index contributed by atoms with van der Waals surface area (Å²) < 4.78 is 26.5. The molecule has 3 aromatic carbocycles. The molecule has 0 unspecified atom stereocenters. The van der Waals surface area contributed by atoms with E-state index in [-0.39, 0.29) is 34.7 Å². The molecule has 2 aliphatic rings. The number of amides is 2. The third-order valence-electron chi connectivity index (χ3n) is 7.25. The van der Waals surface area contributed by atoms with Crippen LogP contribution in [0.1, 0.15) is 46.4 Å². The maximum absolute atomic E-state index is 14.5. The van der Waals surface area contributed by atoms with Crippen LogP contribution in [-0.4, -0.2) is 45.9 Å². The van der Waals surface area contributed by atoms with Crippen molar-refractivity contribution >= 4 is 45.8 Å². The van der Waals surface area contributed by atoms with E-state index in [0.29, 0.717) is 65.0 Å². The zero-order valence-corrected chi connectivity index (χ0v) is 21.7. The average Bonchev–Trinajstić information content (AvgIpc) is 3.21. The lowest BCUT2D eigenvalue weighted by Gasteiger charge is -2.33. The Labute approximate surface area is 228 Å². The minimum atomic E-state index is -0.578. The van der Waals surface area contributed by atoms with E-state index in [1.165, 1.54) is 17.3 Å². The lowest BCUT2D eigenvalue weighted by molar-refractivity contribution is 0.0476. The molecular formula is C29H24ClFN4O4. The van der Waals surface area contributed by atoms with Gasteiger partial charge in [-0.15, -0.1) is 0 Å². The predicted molar refractivity (Wildman–Crippen MR) is 144 cm³/mol. The average molecular weight is 547 g/mol. The Hall–Kier alpha value is -4.24. The van der Waals surface area contributed by atoms with Crippen LogP contribution >= 0.6 is 11.6 Å². The molecule has 0 spiro atoms. The summed E-state index contributed by atoms with van der Waals surface area (Å²) in [6.07, 6.45) is 3.82. The summed E-state index contributed by atoms with van der Waals surface area (Å²) in [5, 5.41) is 3.62. The van der Waals surface area contributed by atoms with Gasteiger partial charge in [-0.3, -0.25) is 14.5 Å². The minimum absolute atomic E-state index is 0.000802. The highest BCUT2D eigenvalue weighted by Gasteiger charge is 2.41. The van der Waals surface area contributed by atoms with Crippen molar-refractivity contribution < 1.29 is 23.5 Å². The van der Waals surface area contributed by atoms with E-state index in [4.69, 9.17) is 21.1 Å². The second-order valence-electron chi connectivity index (χ2n) is 9.54. The molecule has 8 nitrogen and oxygen atoms in total. The maximum atomic E-state index is 14.5. The Morgan fingerprint density at radius 1 is 0.949 bits per heavy atom. The number of halogens is 2. The number of hydrogen-bond acceptors (Lipinski definition) is 7. The van der Waals surface area contributed by atoms with E-state index in [1.54, 1.807) is 55.6 Å². The molecule has 2 heterocycles. The van der Waals surface area contributed by atoms with Gasteiger partial charge in [-0.1, -0.05) is 29.8 Å². The molecule has 2 amide bonds. The molecule has 1 saturated carbocycles. The molecule has 198 valence electrons. The molecule has 1 N–H and O–H groups in total. The van der Waals surface area contributed by atoms with Crippen LogP contribution in [0, 0.1) is 5.82 Å². The Morgan fingerprint density at radius 2 is 1.67 bits per heavy atom. The van der Waals surface area contributed by atoms with Crippen molar-refractivity contribution in [3.8, 4) is 11.5 Å². The fourth-order valence-corrected chi connectivity index (χ4v) is 5.46. The molecule has 6 rings (SSSR count). The summed E-state index contributed by atoms with van der Waals surface area (Å²) in [4.78, 5) is 35.8. The second kappa shape index (κ2) is 10.1. The minimum Gasteiger partial charge on any atom is -0.493 e. The highest BCUT2D eigenvalue weighted by Crippen LogP contribution is 2.38. The van der Waals surface area contributed by atoms with Gasteiger partial charge >= 0.3 is 0 Å². The monoisotopic (exact) mass is 546 g/mol. The van der Waals surface area contributed by atoms with Gasteiger partial charge in [0, 0.05) is 17.5 Å². The first kappa shape index (κ1) is 25.1. The van der Waals surface area contributed by atoms with Crippen molar-refractivity contribution in [2.75, 3.05) is 12.4 Å². The summed E-state index contributed by atoms with van der Waals surface area (Å²) in [7, 11) is 1.55. The fraction of sp³-hybridized carbons (Fsp3) is 0.241. The molecular weight excluding hydrogens is 523 g/mol. The van der Waals surface area contributed by atoms with Crippen LogP contribution in [-0.2, 0) is 0 Å². The molecule has 0 atom stereocenters. The molecule has 0 radical (unpaired) electrons. The molecule has 0 saturated heterocycles. The van der Waals surface area contributed by atoms with Crippen molar-refractivity contribution in [1.29, 1.82) is 0 Å². The molecule has 39 heavy (non-hydrogen) atoms. The Balaban J connectivity index is 1.21. The molecule has 0 bridgehead atoms. The third kappa shape index (κ3) is 4.52. The maximum Gasteiger partial charge on any atom is 0.261 e. The van der Waals surface area contributed by atoms with Gasteiger partial charge in [0.05, 0.1) is 40.6 Å². The van der Waals surface area contributed by atoms with Crippen molar-refractivity contribution in [2.45, 2.75) is 37.8 Å². The summed E-state index contributed by atoms with van der Waals surface area (Å²) >= 11 is 5.94. The van der Waals surface area contributed by atoms with Crippen LogP contribution in [0.3, 0.4) is 0 Å². The smallest absolute Gasteiger partial charge is 0.261 e. The van der Waals surface area contributed by atoms with Crippen molar-refractivity contribution in [2.24, 2.45) is 0 Å². The van der Waals surface area contributed by atoms with Crippen LogP contribution in [0.5, 0.6) is 11.5 Å². The summed E-state index contributed by atoms with van der Waals surface area (Å²) in [6.45, 7) is 0. The number of benzene rings is 3. The number of fused-ring (bicyclic) bond motifs is 2. The zero-order chi connectivity index (χ0) is 27.1. The van der Waals surface area contributed by atoms with E-state index >= 15 is 0 Å². The Morgan fingerprint density at radius 3 is 2.36 bits per heavy atom. The van der Waals surface area contributed by atoms with Crippen molar-refractivity contribution in [3.05, 3.63) is 82.9 Å². The van der Waals surface area contributed by atoms with Crippen LogP contribution in [0.15, 0.2) is 60.9 Å². The van der Waals surface area contributed by atoms with Gasteiger partial charge in [0.25, 0.3) is 11.8 Å². The predicted octanol–water partition coefficient (Wildman–Crippen LogP) is 6.16. The second-order valence-corrected chi connectivity index (χ2v) is 9.95. The highest BCUT2D eigenvalue weighted by molar-refractivity contribution is 6.31. The lowest BCUT2D eigenvalue weighted by Crippen LogP contribution is -2.43. The van der Waals surface area contributed by atoms with Gasteiger partial charge < -0.3 is 14.8 Å². The molecule has 1 aromatic heterocycles. The standard InChI is InChI=1S/C29H24ClFN4O4/c1-38-24-14-23-20(27(33-15-32-23)34-22-8-4-7-21(30)26(22)31)13-25(24)39-17-11-9-16(10-12-17)35-28(36)18-5-2-3-6-19(18)29(35)37/h2-8,13-17H,9-12H2,1H3,(H,32,33,34)/t16-,17+. The van der Waals surface area contributed by atoms with Crippen LogP contribution in [0.25, 0.3) is 10.9 Å². The van der Waals surface area contributed by atoms with Gasteiger partial charge in [-0.05, 0) is 56.0 Å². The van der Waals surface area contributed by atoms with Gasteiger partial charge in [-0.25, -0.2) is 14.4 Å². The van der Waals surface area contributed by atoms with Gasteiger partial charge in [0.15, 0.2) is 17.3 Å². The molecule has 10 heteroatoms. The van der Waals surface area contributed by atoms with Crippen LogP contribution < -0.4 is 14.8 Å². The van der Waals surface area contributed by atoms with Crippen LogP contribution in [0.2, 0.25) is 5.02 Å². The summed E-state index contributed by atoms with van der Waals surface area (Å²) in [5.74, 6) is 0.357. The van der Waals surface area contributed by atoms with Gasteiger partial charge in [0.1, 0.15) is 12.1 Å². The number of ether oxygens (including phenoxy) is 2. The number of rotatable bonds is 6. The van der Waals surface area contributed by atoms with Crippen molar-refractivity contribution in [1.82, 2.24) is 14.9 Å². The van der Waals surface area contributed by atoms with Gasteiger partial charge in [0.2, 0.25) is 0 Å². The SMILES string of the molecule is COc1cc2ncnc(Nc3cccc(Cl)c3F)c2cc1O[C@H]1CC[C@@H](N2C(=O)c3ccccc3C2=O)CC1. The Kier molecular flexibility index (Phi) is 6.52. The first-order valence-corrected chi connectivity index (χ1v) is 13.0. The Bertz CT molecular complexity index is 1570. The largest absolute Gasteiger partial charge is 0.493 e. The number of carbonyl (C=O) groups excluding carboxylic acids is 2. The third-order valence-corrected chi connectivity index (χ3v) is 7.55. The number of anilines is 2. The molecule has 1 aliphatic heterocycles. The first-order chi connectivity index (χ1) is 18.9. The number of hydrogen-bond donors (Lipinski definition) is 1. The van der Waals surface area contributed by atoms with Gasteiger partial charge in [-0.2, -0.15) is 0 Å². The fourth-order valence-electron chi connectivity index (χ4n) is 5.28. The van der Waals surface area contributed by atoms with Crippen LogP contribution in [0.4, 0.5) is 15.9 Å². The number of imide groups is 1. The molecule has 1 aliphatic carbocycles. The number of nitrogens with zero attached hydrogens (tertiary/aromatic N) is 3. The van der Waals surface area contributed by atoms with E-state index in [1.807, 2.05) is 0 Å². The molecule has 4 aromatic rings. The highest BCUT2D eigenvalue weighted by atomic mass is 35.5. The number of methoxy groups -OCH3 is 1. The van der Waals surface area contributed by atoms with E-state index in [0.717, 1.165) is 0 Å². The molecule has 1 fully saturated rings. The lowest BCUT2D eigenvalue weighted by atomic mass is 9.91. The quantitative estimate of drug-likeness (QED) is 0.289. The van der Waals surface area contributed by atoms with E-state index in [9.17, 15) is 14.0 Å². The van der Waals surface area contributed by atoms with E-state index < -0.39 is 5.82 Å². The zero-order valence-electron chi connectivity index (χ0n) is 21.0. The van der Waals surface area contributed by atoms with E-state index in [2.05, 4.69) is 15.3 Å². The van der Waals surface area contributed by atoms with Crippen molar-refractivity contribution in [3.63, 3.8) is 0 Å². The number of nitrogens with one attached hydrogen (secondary N) is 1. The number of aromatic nitrogens is 2. The topological polar surface area (TPSA) is 93.7 Å². The normalized spacial score (nSPS) is 18.8.